The number of anilines is 1. The van der Waals surface area contributed by atoms with E-state index in [1.165, 1.54) is 11.8 Å². The van der Waals surface area contributed by atoms with E-state index in [-0.39, 0.29) is 11.2 Å². The van der Waals surface area contributed by atoms with Crippen LogP contribution in [-0.4, -0.2) is 33.0 Å². The maximum atomic E-state index is 12.6. The Kier molecular flexibility index (Phi) is 5.62. The second kappa shape index (κ2) is 8.09. The highest BCUT2D eigenvalue weighted by Crippen LogP contribution is 2.27. The van der Waals surface area contributed by atoms with E-state index in [1.54, 1.807) is 19.7 Å². The first kappa shape index (κ1) is 18.1. The lowest BCUT2D eigenvalue weighted by molar-refractivity contribution is -0.115. The lowest BCUT2D eigenvalue weighted by Crippen LogP contribution is -2.23. The van der Waals surface area contributed by atoms with E-state index in [0.29, 0.717) is 23.1 Å². The first-order valence-electron chi connectivity index (χ1n) is 8.09. The lowest BCUT2D eigenvalue weighted by atomic mass is 10.2. The van der Waals surface area contributed by atoms with Gasteiger partial charge in [0.1, 0.15) is 17.8 Å². The van der Waals surface area contributed by atoms with Crippen molar-refractivity contribution in [2.45, 2.75) is 30.8 Å². The quantitative estimate of drug-likeness (QED) is 0.641. The van der Waals surface area contributed by atoms with Crippen molar-refractivity contribution in [1.29, 1.82) is 0 Å². The van der Waals surface area contributed by atoms with Gasteiger partial charge in [0.15, 0.2) is 5.16 Å². The fraction of sp³-hybridized carbons (Fsp3) is 0.278. The molecule has 0 bridgehead atoms. The minimum Gasteiger partial charge on any atom is -0.495 e. The van der Waals surface area contributed by atoms with Crippen LogP contribution in [0.3, 0.4) is 0 Å². The molecule has 136 valence electrons. The number of amides is 1. The molecule has 2 aromatic heterocycles. The molecule has 1 amide bonds. The first-order chi connectivity index (χ1) is 12.6. The number of carbonyl (C=O) groups is 1. The van der Waals surface area contributed by atoms with E-state index in [4.69, 9.17) is 9.15 Å². The normalized spacial score (nSPS) is 12.0. The zero-order chi connectivity index (χ0) is 18.5. The van der Waals surface area contributed by atoms with Crippen molar-refractivity contribution in [3.05, 3.63) is 54.2 Å². The molecule has 1 unspecified atom stereocenters. The Bertz CT molecular complexity index is 876. The molecule has 1 atom stereocenters. The van der Waals surface area contributed by atoms with E-state index in [2.05, 4.69) is 15.5 Å². The van der Waals surface area contributed by atoms with Crippen molar-refractivity contribution in [2.75, 3.05) is 12.4 Å². The number of methoxy groups -OCH3 is 1. The van der Waals surface area contributed by atoms with Gasteiger partial charge in [-0.25, -0.2) is 0 Å². The largest absolute Gasteiger partial charge is 0.495 e. The summed E-state index contributed by atoms with van der Waals surface area (Å²) >= 11 is 1.34. The van der Waals surface area contributed by atoms with Crippen molar-refractivity contribution in [1.82, 2.24) is 14.8 Å². The number of benzene rings is 1. The number of rotatable bonds is 7. The number of aromatic nitrogens is 3. The number of hydrogen-bond donors (Lipinski definition) is 1. The van der Waals surface area contributed by atoms with Crippen molar-refractivity contribution in [3.63, 3.8) is 0 Å². The number of aryl methyl sites for hydroxylation is 1. The van der Waals surface area contributed by atoms with Gasteiger partial charge in [-0.05, 0) is 43.7 Å². The minimum absolute atomic E-state index is 0.133. The van der Waals surface area contributed by atoms with Gasteiger partial charge in [0.05, 0.1) is 30.9 Å². The molecule has 0 saturated heterocycles. The third-order valence-electron chi connectivity index (χ3n) is 3.75. The maximum Gasteiger partial charge on any atom is 0.237 e. The zero-order valence-corrected chi connectivity index (χ0v) is 15.6. The molecule has 0 saturated carbocycles. The molecule has 0 aliphatic rings. The van der Waals surface area contributed by atoms with E-state index in [1.807, 2.05) is 48.7 Å². The van der Waals surface area contributed by atoms with Crippen LogP contribution in [0.4, 0.5) is 5.69 Å². The number of furan rings is 1. The highest BCUT2D eigenvalue weighted by Gasteiger charge is 2.19. The first-order valence-corrected chi connectivity index (χ1v) is 8.97. The van der Waals surface area contributed by atoms with Crippen LogP contribution in [0.25, 0.3) is 0 Å². The third kappa shape index (κ3) is 4.26. The SMILES string of the molecule is COc1ccc(C)cc1NC(=O)C(C)Sc1nncn1Cc1ccco1. The molecule has 0 fully saturated rings. The zero-order valence-electron chi connectivity index (χ0n) is 14.8. The summed E-state index contributed by atoms with van der Waals surface area (Å²) in [6.07, 6.45) is 3.25. The van der Waals surface area contributed by atoms with Crippen LogP contribution in [0, 0.1) is 6.92 Å². The van der Waals surface area contributed by atoms with Gasteiger partial charge in [-0.2, -0.15) is 0 Å². The number of ether oxygens (including phenoxy) is 1. The number of nitrogens with zero attached hydrogens (tertiary/aromatic N) is 3. The summed E-state index contributed by atoms with van der Waals surface area (Å²) in [6.45, 7) is 4.31. The molecule has 3 rings (SSSR count). The molecular weight excluding hydrogens is 352 g/mol. The average molecular weight is 372 g/mol. The lowest BCUT2D eigenvalue weighted by Gasteiger charge is -2.14. The van der Waals surface area contributed by atoms with Gasteiger partial charge in [0.2, 0.25) is 5.91 Å². The molecule has 0 aliphatic carbocycles. The van der Waals surface area contributed by atoms with Gasteiger partial charge in [0.25, 0.3) is 0 Å². The molecule has 2 heterocycles. The van der Waals surface area contributed by atoms with Crippen molar-refractivity contribution in [3.8, 4) is 5.75 Å². The van der Waals surface area contributed by atoms with Gasteiger partial charge in [-0.15, -0.1) is 10.2 Å². The minimum atomic E-state index is -0.361. The number of hydrogen-bond acceptors (Lipinski definition) is 6. The van der Waals surface area contributed by atoms with E-state index in [9.17, 15) is 4.79 Å². The van der Waals surface area contributed by atoms with Crippen LogP contribution in [0.15, 0.2) is 52.5 Å². The number of thioether (sulfide) groups is 1. The topological polar surface area (TPSA) is 82.2 Å². The Labute approximate surface area is 155 Å². The second-order valence-electron chi connectivity index (χ2n) is 5.77. The van der Waals surface area contributed by atoms with Crippen LogP contribution in [0.1, 0.15) is 18.2 Å². The molecule has 1 N–H and O–H groups in total. The Morgan fingerprint density at radius 3 is 3.00 bits per heavy atom. The van der Waals surface area contributed by atoms with E-state index >= 15 is 0 Å². The summed E-state index contributed by atoms with van der Waals surface area (Å²) in [5, 5.41) is 11.3. The van der Waals surface area contributed by atoms with Crippen molar-refractivity contribution < 1.29 is 13.9 Å². The predicted molar refractivity (Wildman–Crippen MR) is 99.5 cm³/mol. The van der Waals surface area contributed by atoms with Gasteiger partial charge in [0, 0.05) is 0 Å². The summed E-state index contributed by atoms with van der Waals surface area (Å²) in [6, 6.07) is 9.37. The molecule has 3 aromatic rings. The number of nitrogens with one attached hydrogen (secondary N) is 1. The molecule has 7 nitrogen and oxygen atoms in total. The van der Waals surface area contributed by atoms with E-state index in [0.717, 1.165) is 11.3 Å². The Morgan fingerprint density at radius 1 is 1.42 bits per heavy atom. The van der Waals surface area contributed by atoms with Crippen LogP contribution in [0.2, 0.25) is 0 Å². The third-order valence-corrected chi connectivity index (χ3v) is 4.85. The molecular formula is C18H20N4O3S. The van der Waals surface area contributed by atoms with Crippen LogP contribution in [-0.2, 0) is 11.3 Å². The summed E-state index contributed by atoms with van der Waals surface area (Å²) in [5.74, 6) is 1.29. The van der Waals surface area contributed by atoms with Gasteiger partial charge < -0.3 is 19.0 Å². The Morgan fingerprint density at radius 2 is 2.27 bits per heavy atom. The molecule has 0 spiro atoms. The predicted octanol–water partition coefficient (Wildman–Crippen LogP) is 3.36. The van der Waals surface area contributed by atoms with Crippen molar-refractivity contribution in [2.24, 2.45) is 0 Å². The summed E-state index contributed by atoms with van der Waals surface area (Å²) in [4.78, 5) is 12.6. The summed E-state index contributed by atoms with van der Waals surface area (Å²) in [7, 11) is 1.58. The van der Waals surface area contributed by atoms with Crippen LogP contribution < -0.4 is 10.1 Å². The Balaban J connectivity index is 1.67. The molecule has 0 radical (unpaired) electrons. The molecule has 26 heavy (non-hydrogen) atoms. The highest BCUT2D eigenvalue weighted by atomic mass is 32.2. The summed E-state index contributed by atoms with van der Waals surface area (Å²) in [5.41, 5.74) is 1.70. The smallest absolute Gasteiger partial charge is 0.237 e. The van der Waals surface area contributed by atoms with E-state index < -0.39 is 0 Å². The average Bonchev–Trinajstić information content (AvgIpc) is 3.28. The molecule has 8 heteroatoms. The van der Waals surface area contributed by atoms with Crippen LogP contribution in [0.5, 0.6) is 5.75 Å². The van der Waals surface area contributed by atoms with Gasteiger partial charge in [-0.3, -0.25) is 4.79 Å². The molecule has 1 aromatic carbocycles. The second-order valence-corrected chi connectivity index (χ2v) is 7.08. The monoisotopic (exact) mass is 372 g/mol. The summed E-state index contributed by atoms with van der Waals surface area (Å²) < 4.78 is 12.5. The maximum absolute atomic E-state index is 12.6. The van der Waals surface area contributed by atoms with Crippen LogP contribution >= 0.6 is 11.8 Å². The van der Waals surface area contributed by atoms with Gasteiger partial charge >= 0.3 is 0 Å². The highest BCUT2D eigenvalue weighted by molar-refractivity contribution is 8.00. The van der Waals surface area contributed by atoms with Crippen molar-refractivity contribution >= 4 is 23.4 Å². The standard InChI is InChI=1S/C18H20N4O3S/c1-12-6-7-16(24-3)15(9-12)20-17(23)13(2)26-18-21-19-11-22(18)10-14-5-4-8-25-14/h4-9,11,13H,10H2,1-3H3,(H,20,23). The van der Waals surface area contributed by atoms with Gasteiger partial charge in [-0.1, -0.05) is 17.8 Å². The number of carbonyl (C=O) groups excluding carboxylic acids is 1. The fourth-order valence-electron chi connectivity index (χ4n) is 2.38. The fourth-order valence-corrected chi connectivity index (χ4v) is 3.20. The molecule has 0 aliphatic heterocycles. The Hall–Kier alpha value is -2.74.